The Bertz CT molecular complexity index is 616. The Morgan fingerprint density at radius 3 is 2.92 bits per heavy atom. The average Bonchev–Trinajstić information content (AvgIpc) is 2.58. The predicted molar refractivity (Wildman–Crippen MR) is 96.4 cm³/mol. The Kier molecular flexibility index (Phi) is 4.86. The molecule has 4 heteroatoms. The molecule has 1 amide bonds. The van der Waals surface area contributed by atoms with Crippen LogP contribution in [0.4, 0.5) is 4.79 Å². The number of carbonyl (C=O) groups is 1. The third-order valence-corrected chi connectivity index (χ3v) is 6.18. The van der Waals surface area contributed by atoms with Crippen LogP contribution in [0.2, 0.25) is 0 Å². The van der Waals surface area contributed by atoms with Gasteiger partial charge in [0.05, 0.1) is 0 Å². The summed E-state index contributed by atoms with van der Waals surface area (Å²) in [4.78, 5) is 13.6. The van der Waals surface area contributed by atoms with Gasteiger partial charge in [0.1, 0.15) is 5.75 Å². The molecule has 2 aliphatic rings. The molecule has 132 valence electrons. The Hall–Kier alpha value is -1.55. The quantitative estimate of drug-likeness (QED) is 0.896. The van der Waals surface area contributed by atoms with E-state index >= 15 is 0 Å². The maximum absolute atomic E-state index is 12.0. The molecule has 4 nitrogen and oxygen atoms in total. The summed E-state index contributed by atoms with van der Waals surface area (Å²) in [7, 11) is 1.75. The largest absolute Gasteiger partial charge is 0.414 e. The van der Waals surface area contributed by atoms with E-state index in [9.17, 15) is 4.79 Å². The van der Waals surface area contributed by atoms with Gasteiger partial charge in [-0.25, -0.2) is 4.79 Å². The third-order valence-electron chi connectivity index (χ3n) is 6.18. The molecule has 24 heavy (non-hydrogen) atoms. The van der Waals surface area contributed by atoms with Gasteiger partial charge in [-0.1, -0.05) is 32.3 Å². The van der Waals surface area contributed by atoms with E-state index in [1.54, 1.807) is 11.9 Å². The highest BCUT2D eigenvalue weighted by Crippen LogP contribution is 2.46. The molecule has 0 aromatic heterocycles. The number of ether oxygens (including phenoxy) is 1. The number of amides is 1. The predicted octanol–water partition coefficient (Wildman–Crippen LogP) is 3.86. The normalized spacial score (nSPS) is 29.2. The molecule has 1 saturated carbocycles. The number of nitrogens with zero attached hydrogens (tertiary/aromatic N) is 1. The van der Waals surface area contributed by atoms with Crippen molar-refractivity contribution in [3.8, 4) is 5.75 Å². The zero-order chi connectivity index (χ0) is 17.3. The fourth-order valence-corrected chi connectivity index (χ4v) is 4.40. The minimum atomic E-state index is -0.307. The first kappa shape index (κ1) is 17.3. The molecule has 0 saturated heterocycles. The topological polar surface area (TPSA) is 55.6 Å². The maximum Gasteiger partial charge on any atom is 0.414 e. The number of hydrogen-bond donors (Lipinski definition) is 1. The van der Waals surface area contributed by atoms with Crippen molar-refractivity contribution in [1.29, 1.82) is 0 Å². The highest BCUT2D eigenvalue weighted by atomic mass is 16.6. The van der Waals surface area contributed by atoms with Gasteiger partial charge in [-0.3, -0.25) is 0 Å². The number of nitrogens with two attached hydrogens (primary N) is 1. The minimum Gasteiger partial charge on any atom is -0.410 e. The summed E-state index contributed by atoms with van der Waals surface area (Å²) in [6.45, 7) is 4.87. The Morgan fingerprint density at radius 1 is 1.38 bits per heavy atom. The lowest BCUT2D eigenvalue weighted by molar-refractivity contribution is 0.164. The summed E-state index contributed by atoms with van der Waals surface area (Å²) >= 11 is 0. The molecule has 2 aliphatic carbocycles. The van der Waals surface area contributed by atoms with Gasteiger partial charge >= 0.3 is 6.09 Å². The number of fused-ring (bicyclic) bond motifs is 4. The van der Waals surface area contributed by atoms with E-state index in [4.69, 9.17) is 10.5 Å². The third kappa shape index (κ3) is 3.04. The van der Waals surface area contributed by atoms with Crippen molar-refractivity contribution < 1.29 is 9.53 Å². The summed E-state index contributed by atoms with van der Waals surface area (Å²) in [6.07, 6.45) is 6.90. The van der Waals surface area contributed by atoms with Crippen molar-refractivity contribution in [1.82, 2.24) is 4.90 Å². The van der Waals surface area contributed by atoms with Crippen molar-refractivity contribution in [3.05, 3.63) is 29.3 Å². The van der Waals surface area contributed by atoms with Crippen LogP contribution in [0.25, 0.3) is 0 Å². The van der Waals surface area contributed by atoms with Gasteiger partial charge in [0.2, 0.25) is 0 Å². The Balaban J connectivity index is 1.93. The van der Waals surface area contributed by atoms with Crippen molar-refractivity contribution in [2.45, 2.75) is 63.8 Å². The van der Waals surface area contributed by atoms with Gasteiger partial charge in [-0.05, 0) is 55.4 Å². The van der Waals surface area contributed by atoms with Crippen LogP contribution < -0.4 is 10.5 Å². The van der Waals surface area contributed by atoms with Gasteiger partial charge in [0.15, 0.2) is 0 Å². The summed E-state index contributed by atoms with van der Waals surface area (Å²) in [5.74, 6) is 1.20. The van der Waals surface area contributed by atoms with Gasteiger partial charge in [0, 0.05) is 25.0 Å². The van der Waals surface area contributed by atoms with E-state index in [1.165, 1.54) is 36.8 Å². The zero-order valence-electron chi connectivity index (χ0n) is 15.2. The number of rotatable bonds is 2. The lowest BCUT2D eigenvalue weighted by atomic mass is 9.60. The van der Waals surface area contributed by atoms with Gasteiger partial charge < -0.3 is 15.4 Å². The molecule has 1 fully saturated rings. The minimum absolute atomic E-state index is 0.0161. The molecule has 3 rings (SSSR count). The van der Waals surface area contributed by atoms with Crippen molar-refractivity contribution in [2.24, 2.45) is 11.7 Å². The van der Waals surface area contributed by atoms with Gasteiger partial charge in [0.25, 0.3) is 0 Å². The Morgan fingerprint density at radius 2 is 2.17 bits per heavy atom. The summed E-state index contributed by atoms with van der Waals surface area (Å²) in [6, 6.07) is 6.33. The molecule has 2 bridgehead atoms. The second-order valence-electron chi connectivity index (χ2n) is 7.71. The van der Waals surface area contributed by atoms with Gasteiger partial charge in [-0.2, -0.15) is 0 Å². The number of hydrogen-bond acceptors (Lipinski definition) is 3. The average molecular weight is 330 g/mol. The molecule has 0 heterocycles. The smallest absolute Gasteiger partial charge is 0.410 e. The van der Waals surface area contributed by atoms with E-state index in [1.807, 2.05) is 13.0 Å². The van der Waals surface area contributed by atoms with E-state index < -0.39 is 0 Å². The van der Waals surface area contributed by atoms with Crippen LogP contribution in [0.3, 0.4) is 0 Å². The van der Waals surface area contributed by atoms with E-state index in [0.29, 0.717) is 18.2 Å². The number of benzene rings is 1. The van der Waals surface area contributed by atoms with Crippen LogP contribution in [-0.4, -0.2) is 30.6 Å². The highest BCUT2D eigenvalue weighted by Gasteiger charge is 2.43. The molecule has 0 radical (unpaired) electrons. The summed E-state index contributed by atoms with van der Waals surface area (Å²) in [5.41, 5.74) is 9.37. The molecule has 0 unspecified atom stereocenters. The molecule has 0 aliphatic heterocycles. The molecule has 1 aromatic rings. The number of carbonyl (C=O) groups excluding carboxylic acids is 1. The monoisotopic (exact) mass is 330 g/mol. The SMILES string of the molecule is CCN(C)C(=O)Oc1ccc2c(c1)[C@@]1(C)CCCCC[C@@H](C2)[C@@H]1N. The van der Waals surface area contributed by atoms with Crippen LogP contribution in [0.1, 0.15) is 57.1 Å². The summed E-state index contributed by atoms with van der Waals surface area (Å²) < 4.78 is 5.55. The fourth-order valence-electron chi connectivity index (χ4n) is 4.40. The highest BCUT2D eigenvalue weighted by molar-refractivity contribution is 5.70. The standard InChI is InChI=1S/C20H30N2O2/c1-4-22(3)19(23)24-16-10-9-14-12-15-8-6-5-7-11-20(2,18(15)21)17(14)13-16/h9-10,13,15,18H,4-8,11-12,21H2,1-3H3/t15-,18-,20+/m0/s1. The summed E-state index contributed by atoms with van der Waals surface area (Å²) in [5, 5.41) is 0. The maximum atomic E-state index is 12.0. The second kappa shape index (κ2) is 6.75. The molecule has 0 spiro atoms. The van der Waals surface area contributed by atoms with Crippen molar-refractivity contribution >= 4 is 6.09 Å². The molecule has 1 aromatic carbocycles. The first-order valence-corrected chi connectivity index (χ1v) is 9.27. The first-order chi connectivity index (χ1) is 11.5. The Labute approximate surface area is 145 Å². The van der Waals surface area contributed by atoms with Crippen LogP contribution in [-0.2, 0) is 11.8 Å². The van der Waals surface area contributed by atoms with E-state index in [0.717, 1.165) is 12.8 Å². The first-order valence-electron chi connectivity index (χ1n) is 9.27. The fraction of sp³-hybridized carbons (Fsp3) is 0.650. The lowest BCUT2D eigenvalue weighted by Crippen LogP contribution is -2.52. The molecular formula is C20H30N2O2. The van der Waals surface area contributed by atoms with Gasteiger partial charge in [-0.15, -0.1) is 0 Å². The molecule has 3 atom stereocenters. The molecule has 2 N–H and O–H groups in total. The van der Waals surface area contributed by atoms with Crippen LogP contribution in [0.5, 0.6) is 5.75 Å². The van der Waals surface area contributed by atoms with Crippen LogP contribution in [0, 0.1) is 5.92 Å². The van der Waals surface area contributed by atoms with Crippen LogP contribution in [0.15, 0.2) is 18.2 Å². The van der Waals surface area contributed by atoms with E-state index in [2.05, 4.69) is 19.1 Å². The molecular weight excluding hydrogens is 300 g/mol. The lowest BCUT2D eigenvalue weighted by Gasteiger charge is -2.47. The van der Waals surface area contributed by atoms with Crippen molar-refractivity contribution in [2.75, 3.05) is 13.6 Å². The second-order valence-corrected chi connectivity index (χ2v) is 7.71. The zero-order valence-corrected chi connectivity index (χ0v) is 15.2. The van der Waals surface area contributed by atoms with E-state index in [-0.39, 0.29) is 17.6 Å². The van der Waals surface area contributed by atoms with Crippen molar-refractivity contribution in [3.63, 3.8) is 0 Å². The van der Waals surface area contributed by atoms with Crippen LogP contribution >= 0.6 is 0 Å².